The summed E-state index contributed by atoms with van der Waals surface area (Å²) >= 11 is 0. The lowest BCUT2D eigenvalue weighted by molar-refractivity contribution is -0.167. The molecule has 0 aromatic carbocycles. The average Bonchev–Trinajstić information content (AvgIpc) is 3.47. The molecule has 0 radical (unpaired) electrons. The molecule has 0 saturated heterocycles. The van der Waals surface area contributed by atoms with Crippen molar-refractivity contribution < 1.29 is 28.6 Å². The summed E-state index contributed by atoms with van der Waals surface area (Å²) < 4.78 is 17.0. The van der Waals surface area contributed by atoms with Gasteiger partial charge in [-0.1, -0.05) is 298 Å². The number of ether oxygens (including phenoxy) is 3. The van der Waals surface area contributed by atoms with Crippen molar-refractivity contribution in [3.8, 4) is 0 Å². The molecule has 0 aliphatic carbocycles. The lowest BCUT2D eigenvalue weighted by Gasteiger charge is -2.18. The van der Waals surface area contributed by atoms with E-state index in [0.717, 1.165) is 103 Å². The minimum atomic E-state index is -0.786. The summed E-state index contributed by atoms with van der Waals surface area (Å²) in [5.41, 5.74) is 0. The van der Waals surface area contributed by atoms with Crippen LogP contribution in [-0.2, 0) is 28.6 Å². The standard InChI is InChI=1S/C75H130O6/c1-4-7-10-13-16-19-22-25-28-31-33-34-35-36-37-38-39-40-42-44-47-50-53-56-59-62-65-68-74(77)80-71-72(70-79-73(76)67-64-61-58-55-52-49-46-43-30-27-24-21-18-15-12-9-6-3)81-75(78)69-66-63-60-57-54-51-48-45-41-32-29-26-23-20-17-14-11-8-5-2/h7,10,16,19,25-30,33-34,36-37,39-40,72H,4-6,8-9,11-15,17-18,20-24,31-32,35,38,41-71H2,1-3H3/b10-7-,19-16-,28-25-,29-26-,30-27-,34-33-,37-36-,40-39-. The fourth-order valence-corrected chi connectivity index (χ4v) is 9.85. The van der Waals surface area contributed by atoms with E-state index in [1.165, 1.54) is 199 Å². The Kier molecular flexibility index (Phi) is 65.7. The minimum Gasteiger partial charge on any atom is -0.462 e. The summed E-state index contributed by atoms with van der Waals surface area (Å²) in [6.07, 6.45) is 92.7. The van der Waals surface area contributed by atoms with E-state index >= 15 is 0 Å². The lowest BCUT2D eigenvalue weighted by atomic mass is 10.1. The molecule has 0 bridgehead atoms. The number of hydrogen-bond donors (Lipinski definition) is 0. The molecule has 0 aliphatic rings. The highest BCUT2D eigenvalue weighted by Crippen LogP contribution is 2.17. The molecule has 0 N–H and O–H groups in total. The van der Waals surface area contributed by atoms with E-state index in [1.807, 2.05) is 0 Å². The van der Waals surface area contributed by atoms with Crippen LogP contribution in [0.1, 0.15) is 342 Å². The lowest BCUT2D eigenvalue weighted by Crippen LogP contribution is -2.30. The molecule has 0 aromatic heterocycles. The minimum absolute atomic E-state index is 0.0812. The quantitative estimate of drug-likeness (QED) is 0.0261. The summed E-state index contributed by atoms with van der Waals surface area (Å²) in [6, 6.07) is 0. The Labute approximate surface area is 502 Å². The summed E-state index contributed by atoms with van der Waals surface area (Å²) in [5, 5.41) is 0. The molecular formula is C75H130O6. The molecule has 0 aromatic rings. The third-order valence-electron chi connectivity index (χ3n) is 15.0. The van der Waals surface area contributed by atoms with Crippen molar-refractivity contribution in [2.45, 2.75) is 348 Å². The monoisotopic (exact) mass is 1130 g/mol. The summed E-state index contributed by atoms with van der Waals surface area (Å²) in [6.45, 7) is 6.55. The Morgan fingerprint density at radius 2 is 0.481 bits per heavy atom. The molecule has 1 atom stereocenters. The molecular weight excluding hydrogens is 997 g/mol. The van der Waals surface area contributed by atoms with E-state index in [4.69, 9.17) is 14.2 Å². The van der Waals surface area contributed by atoms with E-state index in [-0.39, 0.29) is 31.1 Å². The predicted octanol–water partition coefficient (Wildman–Crippen LogP) is 24.0. The normalized spacial score (nSPS) is 12.7. The number of carbonyl (C=O) groups excluding carboxylic acids is 3. The Morgan fingerprint density at radius 1 is 0.259 bits per heavy atom. The number of esters is 3. The van der Waals surface area contributed by atoms with Gasteiger partial charge in [0, 0.05) is 19.3 Å². The molecule has 0 aliphatic heterocycles. The first-order valence-corrected chi connectivity index (χ1v) is 34.7. The summed E-state index contributed by atoms with van der Waals surface area (Å²) in [4.78, 5) is 38.5. The fourth-order valence-electron chi connectivity index (χ4n) is 9.85. The molecule has 466 valence electrons. The van der Waals surface area contributed by atoms with Crippen molar-refractivity contribution >= 4 is 17.9 Å². The van der Waals surface area contributed by atoms with Crippen LogP contribution in [0.3, 0.4) is 0 Å². The van der Waals surface area contributed by atoms with Gasteiger partial charge in [-0.3, -0.25) is 14.4 Å². The molecule has 0 rings (SSSR count). The predicted molar refractivity (Wildman–Crippen MR) is 353 cm³/mol. The fraction of sp³-hybridized carbons (Fsp3) is 0.747. The van der Waals surface area contributed by atoms with Crippen molar-refractivity contribution in [1.82, 2.24) is 0 Å². The molecule has 0 heterocycles. The molecule has 1 unspecified atom stereocenters. The Morgan fingerprint density at radius 3 is 0.765 bits per heavy atom. The maximum atomic E-state index is 13.0. The van der Waals surface area contributed by atoms with E-state index in [0.29, 0.717) is 19.3 Å². The van der Waals surface area contributed by atoms with Crippen molar-refractivity contribution in [2.24, 2.45) is 0 Å². The van der Waals surface area contributed by atoms with Crippen LogP contribution in [0, 0.1) is 0 Å². The van der Waals surface area contributed by atoms with Gasteiger partial charge in [0.05, 0.1) is 0 Å². The zero-order valence-electron chi connectivity index (χ0n) is 53.5. The number of hydrogen-bond acceptors (Lipinski definition) is 6. The Hall–Kier alpha value is -3.67. The molecule has 6 nitrogen and oxygen atoms in total. The van der Waals surface area contributed by atoms with Gasteiger partial charge in [0.25, 0.3) is 0 Å². The number of rotatable bonds is 63. The first-order valence-electron chi connectivity index (χ1n) is 34.7. The third-order valence-corrected chi connectivity index (χ3v) is 15.0. The van der Waals surface area contributed by atoms with Crippen LogP contribution in [0.15, 0.2) is 97.2 Å². The zero-order chi connectivity index (χ0) is 58.5. The molecule has 0 amide bonds. The Balaban J connectivity index is 4.37. The van der Waals surface area contributed by atoms with Crippen LogP contribution in [0.2, 0.25) is 0 Å². The summed E-state index contributed by atoms with van der Waals surface area (Å²) in [7, 11) is 0. The molecule has 0 saturated carbocycles. The zero-order valence-corrected chi connectivity index (χ0v) is 53.5. The highest BCUT2D eigenvalue weighted by Gasteiger charge is 2.19. The second-order valence-corrected chi connectivity index (χ2v) is 23.1. The maximum absolute atomic E-state index is 13.0. The first-order chi connectivity index (χ1) is 40.0. The van der Waals surface area contributed by atoms with Crippen LogP contribution in [0.25, 0.3) is 0 Å². The number of unbranched alkanes of at least 4 members (excludes halogenated alkanes) is 36. The van der Waals surface area contributed by atoms with Gasteiger partial charge < -0.3 is 14.2 Å². The van der Waals surface area contributed by atoms with Crippen LogP contribution in [-0.4, -0.2) is 37.2 Å². The highest BCUT2D eigenvalue weighted by molar-refractivity contribution is 5.71. The van der Waals surface area contributed by atoms with Gasteiger partial charge in [-0.05, 0) is 122 Å². The van der Waals surface area contributed by atoms with Crippen LogP contribution >= 0.6 is 0 Å². The molecule has 81 heavy (non-hydrogen) atoms. The van der Waals surface area contributed by atoms with Gasteiger partial charge in [0.1, 0.15) is 13.2 Å². The van der Waals surface area contributed by atoms with Crippen molar-refractivity contribution in [2.75, 3.05) is 13.2 Å². The van der Waals surface area contributed by atoms with Crippen molar-refractivity contribution in [3.05, 3.63) is 97.2 Å². The number of allylic oxidation sites excluding steroid dienone is 16. The molecule has 0 fully saturated rings. The summed E-state index contributed by atoms with van der Waals surface area (Å²) in [5.74, 6) is -0.881. The van der Waals surface area contributed by atoms with Crippen LogP contribution < -0.4 is 0 Å². The van der Waals surface area contributed by atoms with Gasteiger partial charge in [0.2, 0.25) is 0 Å². The smallest absolute Gasteiger partial charge is 0.306 e. The van der Waals surface area contributed by atoms with Gasteiger partial charge in [-0.2, -0.15) is 0 Å². The largest absolute Gasteiger partial charge is 0.462 e. The van der Waals surface area contributed by atoms with E-state index in [2.05, 4.69) is 118 Å². The van der Waals surface area contributed by atoms with Gasteiger partial charge >= 0.3 is 17.9 Å². The van der Waals surface area contributed by atoms with E-state index in [1.54, 1.807) is 0 Å². The first kappa shape index (κ1) is 77.3. The van der Waals surface area contributed by atoms with Gasteiger partial charge in [-0.25, -0.2) is 0 Å². The third kappa shape index (κ3) is 67.0. The second-order valence-electron chi connectivity index (χ2n) is 23.1. The van der Waals surface area contributed by atoms with E-state index < -0.39 is 6.10 Å². The molecule has 0 spiro atoms. The van der Waals surface area contributed by atoms with Crippen LogP contribution in [0.4, 0.5) is 0 Å². The topological polar surface area (TPSA) is 78.9 Å². The van der Waals surface area contributed by atoms with Gasteiger partial charge in [-0.15, -0.1) is 0 Å². The SMILES string of the molecule is CC/C=C\C/C=C\C/C=C\C/C=C\C/C=C\C/C=C\CCCCCCCCCCC(=O)OCC(COC(=O)CCCCCCCCC/C=C\CCCCCCCC)OC(=O)CCCCCCCCCCC/C=C\CCCCCCCC. The van der Waals surface area contributed by atoms with Crippen molar-refractivity contribution in [1.29, 1.82) is 0 Å². The Bertz CT molecular complexity index is 1580. The maximum Gasteiger partial charge on any atom is 0.306 e. The highest BCUT2D eigenvalue weighted by atomic mass is 16.6. The average molecular weight is 1130 g/mol. The van der Waals surface area contributed by atoms with Crippen LogP contribution in [0.5, 0.6) is 0 Å². The second kappa shape index (κ2) is 68.8. The molecule has 6 heteroatoms. The van der Waals surface area contributed by atoms with E-state index in [9.17, 15) is 14.4 Å². The number of carbonyl (C=O) groups is 3. The van der Waals surface area contributed by atoms with Crippen molar-refractivity contribution in [3.63, 3.8) is 0 Å². The van der Waals surface area contributed by atoms with Gasteiger partial charge in [0.15, 0.2) is 6.10 Å².